The van der Waals surface area contributed by atoms with E-state index in [1.165, 1.54) is 22.8 Å². The molecule has 0 atom stereocenters. The fourth-order valence-electron chi connectivity index (χ4n) is 1.65. The second-order valence-electron chi connectivity index (χ2n) is 3.70. The molecule has 2 N–H and O–H groups in total. The maximum Gasteiger partial charge on any atom is 0.267 e. The average molecular weight is 226 g/mol. The van der Waals surface area contributed by atoms with Crippen molar-refractivity contribution in [3.63, 3.8) is 0 Å². The zero-order chi connectivity index (χ0) is 11.9. The monoisotopic (exact) mass is 226 g/mol. The summed E-state index contributed by atoms with van der Waals surface area (Å²) in [7, 11) is 1.52. The Bertz CT molecular complexity index is 450. The van der Waals surface area contributed by atoms with Crippen LogP contribution in [0.2, 0.25) is 0 Å². The van der Waals surface area contributed by atoms with Crippen LogP contribution in [0.3, 0.4) is 0 Å². The summed E-state index contributed by atoms with van der Waals surface area (Å²) in [6.07, 6.45) is 0.297. The lowest BCUT2D eigenvalue weighted by Gasteiger charge is -2.34. The Kier molecular flexibility index (Phi) is 2.37. The van der Waals surface area contributed by atoms with Crippen LogP contribution in [0.1, 0.15) is 20.8 Å². The van der Waals surface area contributed by atoms with E-state index in [4.69, 9.17) is 5.73 Å². The van der Waals surface area contributed by atoms with Gasteiger partial charge in [-0.15, -0.1) is 0 Å². The van der Waals surface area contributed by atoms with Gasteiger partial charge in [0.05, 0.1) is 24.8 Å². The van der Waals surface area contributed by atoms with Crippen LogP contribution in [0.5, 0.6) is 0 Å². The van der Waals surface area contributed by atoms with Crippen molar-refractivity contribution in [2.75, 3.05) is 13.1 Å². The van der Waals surface area contributed by atoms with Crippen molar-refractivity contribution in [1.29, 1.82) is 0 Å². The van der Waals surface area contributed by atoms with Gasteiger partial charge in [0.25, 0.3) is 11.8 Å². The van der Waals surface area contributed by atoms with Gasteiger partial charge in [-0.1, -0.05) is 0 Å². The maximum atomic E-state index is 12.6. The Morgan fingerprint density at radius 1 is 1.56 bits per heavy atom. The van der Waals surface area contributed by atoms with Gasteiger partial charge in [-0.2, -0.15) is 5.10 Å². The highest BCUT2D eigenvalue weighted by molar-refractivity contribution is 6.05. The lowest BCUT2D eigenvalue weighted by molar-refractivity contribution is 0.0398. The Labute approximate surface area is 90.8 Å². The van der Waals surface area contributed by atoms with Gasteiger partial charge in [-0.3, -0.25) is 14.3 Å². The van der Waals surface area contributed by atoms with E-state index >= 15 is 0 Å². The van der Waals surface area contributed by atoms with Crippen molar-refractivity contribution in [2.24, 2.45) is 12.8 Å². The molecule has 1 fully saturated rings. The number of likely N-dealkylation sites (tertiary alicyclic amines) is 1. The third-order valence-corrected chi connectivity index (χ3v) is 2.53. The molecule has 2 rings (SSSR count). The molecule has 0 bridgehead atoms. The third kappa shape index (κ3) is 1.54. The molecule has 2 heterocycles. The zero-order valence-electron chi connectivity index (χ0n) is 8.68. The molecule has 1 aliphatic heterocycles. The van der Waals surface area contributed by atoms with Crippen molar-refractivity contribution < 1.29 is 14.0 Å². The first-order valence-electron chi connectivity index (χ1n) is 4.76. The third-order valence-electron chi connectivity index (χ3n) is 2.53. The summed E-state index contributed by atoms with van der Waals surface area (Å²) in [5, 5.41) is 3.79. The number of aryl methyl sites for hydroxylation is 1. The fraction of sp³-hybridized carbons (Fsp3) is 0.444. The van der Waals surface area contributed by atoms with E-state index < -0.39 is 18.0 Å². The SMILES string of the molecule is Cn1ncc(C(=O)N2CC(F)C2)c1C(N)=O. The van der Waals surface area contributed by atoms with E-state index in [1.807, 2.05) is 0 Å². The summed E-state index contributed by atoms with van der Waals surface area (Å²) >= 11 is 0. The first-order chi connectivity index (χ1) is 7.50. The smallest absolute Gasteiger partial charge is 0.267 e. The van der Waals surface area contributed by atoms with Crippen LogP contribution in [0.4, 0.5) is 4.39 Å². The van der Waals surface area contributed by atoms with E-state index in [1.54, 1.807) is 0 Å². The highest BCUT2D eigenvalue weighted by atomic mass is 19.1. The summed E-state index contributed by atoms with van der Waals surface area (Å²) in [5.74, 6) is -1.13. The molecule has 6 nitrogen and oxygen atoms in total. The van der Waals surface area contributed by atoms with E-state index in [9.17, 15) is 14.0 Å². The summed E-state index contributed by atoms with van der Waals surface area (Å²) < 4.78 is 13.8. The number of alkyl halides is 1. The Morgan fingerprint density at radius 2 is 2.19 bits per heavy atom. The lowest BCUT2D eigenvalue weighted by atomic mass is 10.1. The quantitative estimate of drug-likeness (QED) is 0.724. The molecule has 1 aromatic heterocycles. The number of rotatable bonds is 2. The Balaban J connectivity index is 2.27. The number of nitrogens with two attached hydrogens (primary N) is 1. The Hall–Kier alpha value is -1.92. The van der Waals surface area contributed by atoms with Gasteiger partial charge in [-0.05, 0) is 0 Å². The van der Waals surface area contributed by atoms with Crippen LogP contribution < -0.4 is 5.73 Å². The molecule has 86 valence electrons. The lowest BCUT2D eigenvalue weighted by Crippen LogP contribution is -2.51. The molecule has 0 unspecified atom stereocenters. The fourth-order valence-corrected chi connectivity index (χ4v) is 1.65. The van der Waals surface area contributed by atoms with E-state index in [0.29, 0.717) is 0 Å². The molecule has 0 spiro atoms. The second-order valence-corrected chi connectivity index (χ2v) is 3.70. The molecule has 1 aromatic rings. The molecular weight excluding hydrogens is 215 g/mol. The van der Waals surface area contributed by atoms with Gasteiger partial charge in [0, 0.05) is 7.05 Å². The summed E-state index contributed by atoms with van der Waals surface area (Å²) in [6, 6.07) is 0. The van der Waals surface area contributed by atoms with E-state index in [2.05, 4.69) is 5.10 Å². The van der Waals surface area contributed by atoms with Crippen molar-refractivity contribution in [1.82, 2.24) is 14.7 Å². The number of carbonyl (C=O) groups excluding carboxylic acids is 2. The second kappa shape index (κ2) is 3.58. The van der Waals surface area contributed by atoms with Crippen LogP contribution in [-0.4, -0.2) is 45.8 Å². The molecule has 2 amide bonds. The molecule has 0 aliphatic carbocycles. The zero-order valence-corrected chi connectivity index (χ0v) is 8.68. The summed E-state index contributed by atoms with van der Waals surface area (Å²) in [4.78, 5) is 24.2. The molecule has 1 saturated heterocycles. The number of amides is 2. The number of carbonyl (C=O) groups is 2. The van der Waals surface area contributed by atoms with Crippen molar-refractivity contribution in [3.8, 4) is 0 Å². The summed E-state index contributed by atoms with van der Waals surface area (Å²) in [6.45, 7) is 0.123. The van der Waals surface area contributed by atoms with Gasteiger partial charge in [-0.25, -0.2) is 4.39 Å². The van der Waals surface area contributed by atoms with Crippen LogP contribution >= 0.6 is 0 Å². The van der Waals surface area contributed by atoms with Gasteiger partial charge in [0.1, 0.15) is 11.9 Å². The van der Waals surface area contributed by atoms with Gasteiger partial charge >= 0.3 is 0 Å². The van der Waals surface area contributed by atoms with Gasteiger partial charge < -0.3 is 10.6 Å². The first kappa shape index (κ1) is 10.6. The normalized spacial score (nSPS) is 16.0. The van der Waals surface area contributed by atoms with Crippen molar-refractivity contribution in [2.45, 2.75) is 6.17 Å². The molecule has 0 aromatic carbocycles. The standard InChI is InChI=1S/C9H11FN4O2/c1-13-7(8(11)15)6(2-12-13)9(16)14-3-5(10)4-14/h2,5H,3-4H2,1H3,(H2,11,15). The number of halogens is 1. The number of hydrogen-bond acceptors (Lipinski definition) is 3. The van der Waals surface area contributed by atoms with Crippen LogP contribution in [0.15, 0.2) is 6.20 Å². The first-order valence-corrected chi connectivity index (χ1v) is 4.76. The number of primary amides is 1. The summed E-state index contributed by atoms with van der Waals surface area (Å²) in [5.41, 5.74) is 5.32. The minimum atomic E-state index is -0.974. The molecule has 0 saturated carbocycles. The van der Waals surface area contributed by atoms with Crippen LogP contribution in [0.25, 0.3) is 0 Å². The molecule has 1 aliphatic rings. The van der Waals surface area contributed by atoms with Gasteiger partial charge in [0.2, 0.25) is 0 Å². The minimum absolute atomic E-state index is 0.0484. The largest absolute Gasteiger partial charge is 0.364 e. The van der Waals surface area contributed by atoms with E-state index in [0.717, 1.165) is 0 Å². The number of aromatic nitrogens is 2. The maximum absolute atomic E-state index is 12.6. The minimum Gasteiger partial charge on any atom is -0.364 e. The van der Waals surface area contributed by atoms with Crippen molar-refractivity contribution >= 4 is 11.8 Å². The predicted octanol–water partition coefficient (Wildman–Crippen LogP) is -0.687. The highest BCUT2D eigenvalue weighted by Crippen LogP contribution is 2.17. The topological polar surface area (TPSA) is 81.2 Å². The predicted molar refractivity (Wildman–Crippen MR) is 52.5 cm³/mol. The van der Waals surface area contributed by atoms with Crippen molar-refractivity contribution in [3.05, 3.63) is 17.5 Å². The molecular formula is C9H11FN4O2. The molecule has 7 heteroatoms. The van der Waals surface area contributed by atoms with Crippen LogP contribution in [0, 0.1) is 0 Å². The average Bonchev–Trinajstić information content (AvgIpc) is 2.54. The molecule has 16 heavy (non-hydrogen) atoms. The highest BCUT2D eigenvalue weighted by Gasteiger charge is 2.33. The van der Waals surface area contributed by atoms with Crippen LogP contribution in [-0.2, 0) is 7.05 Å². The number of nitrogens with zero attached hydrogens (tertiary/aromatic N) is 3. The van der Waals surface area contributed by atoms with E-state index in [-0.39, 0.29) is 24.3 Å². The number of hydrogen-bond donors (Lipinski definition) is 1. The van der Waals surface area contributed by atoms with Gasteiger partial charge in [0.15, 0.2) is 0 Å². The molecule has 0 radical (unpaired) electrons. The Morgan fingerprint density at radius 3 is 2.69 bits per heavy atom.